The standard InChI is InChI=1S/C12H23F3N4O2S.HI/c1-16-11(17-5-3-7-22(2,20)21)18-10-4-6-19(8-10)9-12(13,14)15;/h10H,3-9H2,1-2H3,(H2,16,17,18);1H. The summed E-state index contributed by atoms with van der Waals surface area (Å²) in [7, 11) is -1.43. The fourth-order valence-electron chi connectivity index (χ4n) is 2.28. The quantitative estimate of drug-likeness (QED) is 0.260. The van der Waals surface area contributed by atoms with Gasteiger partial charge in [-0.25, -0.2) is 8.42 Å². The van der Waals surface area contributed by atoms with Gasteiger partial charge >= 0.3 is 6.18 Å². The Morgan fingerprint density at radius 1 is 1.39 bits per heavy atom. The minimum Gasteiger partial charge on any atom is -0.356 e. The molecular weight excluding hydrogens is 448 g/mol. The highest BCUT2D eigenvalue weighted by molar-refractivity contribution is 14.0. The van der Waals surface area contributed by atoms with Gasteiger partial charge in [0.1, 0.15) is 9.84 Å². The number of nitrogens with one attached hydrogen (secondary N) is 2. The van der Waals surface area contributed by atoms with E-state index in [1.54, 1.807) is 7.05 Å². The van der Waals surface area contributed by atoms with Crippen molar-refractivity contribution in [2.24, 2.45) is 4.99 Å². The average Bonchev–Trinajstić information content (AvgIpc) is 2.76. The van der Waals surface area contributed by atoms with Crippen LogP contribution in [0.2, 0.25) is 0 Å². The lowest BCUT2D eigenvalue weighted by Crippen LogP contribution is -2.45. The summed E-state index contributed by atoms with van der Waals surface area (Å²) in [5.74, 6) is 0.562. The molecule has 1 atom stereocenters. The molecule has 23 heavy (non-hydrogen) atoms. The molecular formula is C12H24F3IN4O2S. The van der Waals surface area contributed by atoms with Gasteiger partial charge in [0.15, 0.2) is 5.96 Å². The second kappa shape index (κ2) is 9.87. The Morgan fingerprint density at radius 3 is 2.57 bits per heavy atom. The summed E-state index contributed by atoms with van der Waals surface area (Å²) in [5.41, 5.74) is 0. The Morgan fingerprint density at radius 2 is 2.04 bits per heavy atom. The van der Waals surface area contributed by atoms with Crippen molar-refractivity contribution in [3.05, 3.63) is 0 Å². The smallest absolute Gasteiger partial charge is 0.356 e. The molecule has 138 valence electrons. The Kier molecular flexibility index (Phi) is 9.74. The van der Waals surface area contributed by atoms with E-state index < -0.39 is 22.6 Å². The van der Waals surface area contributed by atoms with E-state index in [2.05, 4.69) is 15.6 Å². The van der Waals surface area contributed by atoms with Gasteiger partial charge in [0.2, 0.25) is 0 Å². The summed E-state index contributed by atoms with van der Waals surface area (Å²) in [6.45, 7) is 0.239. The minimum absolute atomic E-state index is 0. The van der Waals surface area contributed by atoms with Crippen LogP contribution in [0, 0.1) is 0 Å². The van der Waals surface area contributed by atoms with Crippen LogP contribution in [0.15, 0.2) is 4.99 Å². The molecule has 6 nitrogen and oxygen atoms in total. The lowest BCUT2D eigenvalue weighted by molar-refractivity contribution is -0.143. The number of sulfone groups is 1. The zero-order valence-electron chi connectivity index (χ0n) is 13.2. The predicted molar refractivity (Wildman–Crippen MR) is 95.1 cm³/mol. The van der Waals surface area contributed by atoms with Crippen LogP contribution >= 0.6 is 24.0 Å². The molecule has 1 fully saturated rings. The molecule has 2 N–H and O–H groups in total. The van der Waals surface area contributed by atoms with Crippen LogP contribution < -0.4 is 10.6 Å². The summed E-state index contributed by atoms with van der Waals surface area (Å²) < 4.78 is 59.0. The van der Waals surface area contributed by atoms with E-state index in [4.69, 9.17) is 0 Å². The van der Waals surface area contributed by atoms with Gasteiger partial charge in [-0.1, -0.05) is 0 Å². The Bertz CT molecular complexity index is 485. The molecule has 0 bridgehead atoms. The van der Waals surface area contributed by atoms with Gasteiger partial charge < -0.3 is 10.6 Å². The number of halogens is 4. The van der Waals surface area contributed by atoms with E-state index in [1.807, 2.05) is 0 Å². The number of hydrogen-bond acceptors (Lipinski definition) is 4. The second-order valence-corrected chi connectivity index (χ2v) is 7.72. The van der Waals surface area contributed by atoms with Crippen LogP contribution in [0.5, 0.6) is 0 Å². The molecule has 1 heterocycles. The maximum absolute atomic E-state index is 12.3. The Labute approximate surface area is 152 Å². The number of likely N-dealkylation sites (tertiary alicyclic amines) is 1. The molecule has 0 aromatic heterocycles. The van der Waals surface area contributed by atoms with Gasteiger partial charge in [-0.3, -0.25) is 9.89 Å². The monoisotopic (exact) mass is 472 g/mol. The van der Waals surface area contributed by atoms with Crippen LogP contribution in [0.3, 0.4) is 0 Å². The number of aliphatic imine (C=N–C) groups is 1. The fraction of sp³-hybridized carbons (Fsp3) is 0.917. The molecule has 0 spiro atoms. The molecule has 0 aromatic carbocycles. The molecule has 1 unspecified atom stereocenters. The molecule has 1 saturated heterocycles. The van der Waals surface area contributed by atoms with Crippen molar-refractivity contribution < 1.29 is 21.6 Å². The highest BCUT2D eigenvalue weighted by Crippen LogP contribution is 2.19. The average molecular weight is 472 g/mol. The largest absolute Gasteiger partial charge is 0.401 e. The summed E-state index contributed by atoms with van der Waals surface area (Å²) >= 11 is 0. The first-order valence-corrected chi connectivity index (χ1v) is 9.09. The van der Waals surface area contributed by atoms with Gasteiger partial charge in [0, 0.05) is 39.0 Å². The maximum Gasteiger partial charge on any atom is 0.401 e. The minimum atomic E-state index is -4.18. The normalized spacial score (nSPS) is 20.2. The van der Waals surface area contributed by atoms with Gasteiger partial charge in [-0.2, -0.15) is 13.2 Å². The highest BCUT2D eigenvalue weighted by Gasteiger charge is 2.34. The first kappa shape index (κ1) is 22.7. The van der Waals surface area contributed by atoms with E-state index >= 15 is 0 Å². The Hall–Kier alpha value is -0.300. The summed E-state index contributed by atoms with van der Waals surface area (Å²) in [5, 5.41) is 6.03. The van der Waals surface area contributed by atoms with Crippen molar-refractivity contribution in [1.29, 1.82) is 0 Å². The third-order valence-electron chi connectivity index (χ3n) is 3.22. The fourth-order valence-corrected chi connectivity index (χ4v) is 2.95. The lowest BCUT2D eigenvalue weighted by Gasteiger charge is -2.19. The molecule has 11 heteroatoms. The van der Waals surface area contributed by atoms with E-state index in [-0.39, 0.29) is 35.8 Å². The van der Waals surface area contributed by atoms with Crippen molar-refractivity contribution in [2.45, 2.75) is 25.1 Å². The van der Waals surface area contributed by atoms with E-state index in [0.29, 0.717) is 38.4 Å². The maximum atomic E-state index is 12.3. The molecule has 0 aliphatic carbocycles. The summed E-state index contributed by atoms with van der Waals surface area (Å²) in [6.07, 6.45) is -1.95. The van der Waals surface area contributed by atoms with Crippen molar-refractivity contribution in [3.8, 4) is 0 Å². The number of hydrogen-bond donors (Lipinski definition) is 2. The van der Waals surface area contributed by atoms with Crippen LogP contribution in [0.25, 0.3) is 0 Å². The number of alkyl halides is 3. The highest BCUT2D eigenvalue weighted by atomic mass is 127. The first-order valence-electron chi connectivity index (χ1n) is 7.03. The lowest BCUT2D eigenvalue weighted by atomic mass is 10.3. The van der Waals surface area contributed by atoms with Gasteiger partial charge in [0.25, 0.3) is 0 Å². The topological polar surface area (TPSA) is 73.8 Å². The van der Waals surface area contributed by atoms with Gasteiger partial charge in [0.05, 0.1) is 12.3 Å². The van der Waals surface area contributed by atoms with E-state index in [1.165, 1.54) is 11.2 Å². The molecule has 1 aliphatic rings. The predicted octanol–water partition coefficient (Wildman–Crippen LogP) is 0.841. The van der Waals surface area contributed by atoms with Crippen LogP contribution in [-0.2, 0) is 9.84 Å². The van der Waals surface area contributed by atoms with Crippen LogP contribution in [0.1, 0.15) is 12.8 Å². The zero-order valence-corrected chi connectivity index (χ0v) is 16.3. The van der Waals surface area contributed by atoms with Crippen molar-refractivity contribution in [3.63, 3.8) is 0 Å². The van der Waals surface area contributed by atoms with Crippen LogP contribution in [0.4, 0.5) is 13.2 Å². The number of rotatable bonds is 6. The zero-order chi connectivity index (χ0) is 16.8. The number of guanidine groups is 1. The third-order valence-corrected chi connectivity index (χ3v) is 4.25. The molecule has 0 saturated carbocycles. The van der Waals surface area contributed by atoms with Crippen molar-refractivity contribution in [1.82, 2.24) is 15.5 Å². The number of nitrogens with zero attached hydrogens (tertiary/aromatic N) is 2. The van der Waals surface area contributed by atoms with Gasteiger partial charge in [-0.15, -0.1) is 24.0 Å². The third kappa shape index (κ3) is 11.0. The SMILES string of the molecule is CN=C(NCCCS(C)(=O)=O)NC1CCN(CC(F)(F)F)C1.I. The molecule has 1 aliphatic heterocycles. The van der Waals surface area contributed by atoms with E-state index in [9.17, 15) is 21.6 Å². The summed E-state index contributed by atoms with van der Waals surface area (Å²) in [4.78, 5) is 5.35. The van der Waals surface area contributed by atoms with Crippen molar-refractivity contribution >= 4 is 39.8 Å². The second-order valence-electron chi connectivity index (χ2n) is 5.46. The van der Waals surface area contributed by atoms with Gasteiger partial charge in [-0.05, 0) is 12.8 Å². The molecule has 0 aromatic rings. The molecule has 1 rings (SSSR count). The first-order chi connectivity index (χ1) is 10.1. The summed E-state index contributed by atoms with van der Waals surface area (Å²) in [6, 6.07) is -0.0940. The van der Waals surface area contributed by atoms with Crippen LogP contribution in [-0.4, -0.2) is 76.7 Å². The van der Waals surface area contributed by atoms with E-state index in [0.717, 1.165) is 0 Å². The van der Waals surface area contributed by atoms with Crippen molar-refractivity contribution in [2.75, 3.05) is 45.2 Å². The molecule has 0 amide bonds. The molecule has 0 radical (unpaired) electrons. The Balaban J connectivity index is 0.00000484.